The summed E-state index contributed by atoms with van der Waals surface area (Å²) in [6.45, 7) is 5.65. The van der Waals surface area contributed by atoms with E-state index >= 15 is 0 Å². The third-order valence-electron chi connectivity index (χ3n) is 4.16. The molecule has 0 unspecified atom stereocenters. The first kappa shape index (κ1) is 18.5. The zero-order valence-corrected chi connectivity index (χ0v) is 15.6. The highest BCUT2D eigenvalue weighted by Gasteiger charge is 2.15. The van der Waals surface area contributed by atoms with Gasteiger partial charge in [-0.3, -0.25) is 4.79 Å². The number of Topliss-reactive ketones (excluding diaryl/α,β-unsaturated/α-hetero) is 1. The molecule has 1 heterocycles. The fourth-order valence-electron chi connectivity index (χ4n) is 2.71. The van der Waals surface area contributed by atoms with E-state index in [1.807, 2.05) is 67.3 Å². The van der Waals surface area contributed by atoms with Crippen molar-refractivity contribution in [2.75, 3.05) is 23.3 Å². The quantitative estimate of drug-likeness (QED) is 0.614. The maximum atomic E-state index is 12.6. The number of benzene rings is 2. The second-order valence-electron chi connectivity index (χ2n) is 6.00. The lowest BCUT2D eigenvalue weighted by Crippen LogP contribution is -2.25. The minimum Gasteiger partial charge on any atom is -0.341 e. The molecule has 6 heteroatoms. The van der Waals surface area contributed by atoms with Crippen LogP contribution in [0, 0.1) is 0 Å². The van der Waals surface area contributed by atoms with Gasteiger partial charge in [0, 0.05) is 24.3 Å². The summed E-state index contributed by atoms with van der Waals surface area (Å²) in [6, 6.07) is 18.9. The Morgan fingerprint density at radius 1 is 0.889 bits per heavy atom. The zero-order valence-electron chi connectivity index (χ0n) is 15.6. The van der Waals surface area contributed by atoms with Crippen LogP contribution < -0.4 is 10.2 Å². The summed E-state index contributed by atoms with van der Waals surface area (Å²) in [5.74, 6) is 1.45. The molecule has 0 fully saturated rings. The van der Waals surface area contributed by atoms with Gasteiger partial charge in [-0.1, -0.05) is 48.5 Å². The highest BCUT2D eigenvalue weighted by Crippen LogP contribution is 2.17. The number of hydrogen-bond donors (Lipinski definition) is 1. The van der Waals surface area contributed by atoms with E-state index in [-0.39, 0.29) is 12.2 Å². The fraction of sp³-hybridized carbons (Fsp3) is 0.238. The lowest BCUT2D eigenvalue weighted by Gasteiger charge is -2.19. The average molecular weight is 361 g/mol. The molecule has 0 aliphatic heterocycles. The first-order valence-corrected chi connectivity index (χ1v) is 9.09. The molecule has 2 aromatic carbocycles. The van der Waals surface area contributed by atoms with Crippen molar-refractivity contribution >= 4 is 23.4 Å². The summed E-state index contributed by atoms with van der Waals surface area (Å²) in [6.07, 6.45) is 0.129. The number of anilines is 3. The van der Waals surface area contributed by atoms with Crippen molar-refractivity contribution in [3.05, 3.63) is 72.1 Å². The fourth-order valence-corrected chi connectivity index (χ4v) is 2.71. The topological polar surface area (TPSA) is 71.0 Å². The van der Waals surface area contributed by atoms with Gasteiger partial charge >= 0.3 is 0 Å². The third-order valence-corrected chi connectivity index (χ3v) is 4.16. The highest BCUT2D eigenvalue weighted by molar-refractivity contribution is 5.97. The predicted octanol–water partition coefficient (Wildman–Crippen LogP) is 3.89. The molecule has 6 nitrogen and oxygen atoms in total. The summed E-state index contributed by atoms with van der Waals surface area (Å²) in [5, 5.41) is 3.20. The molecule has 0 saturated heterocycles. The molecule has 0 saturated carbocycles. The minimum atomic E-state index is -0.0158. The molecule has 0 bridgehead atoms. The number of nitrogens with zero attached hydrogens (tertiary/aromatic N) is 4. The Morgan fingerprint density at radius 3 is 2.15 bits per heavy atom. The molecule has 0 radical (unpaired) electrons. The van der Waals surface area contributed by atoms with Crippen LogP contribution in [0.15, 0.2) is 60.7 Å². The molecule has 0 aliphatic rings. The van der Waals surface area contributed by atoms with Crippen molar-refractivity contribution in [1.82, 2.24) is 15.0 Å². The van der Waals surface area contributed by atoms with Gasteiger partial charge in [0.15, 0.2) is 5.78 Å². The largest absolute Gasteiger partial charge is 0.341 e. The first-order chi connectivity index (χ1) is 13.2. The number of ketones is 1. The smallest absolute Gasteiger partial charge is 0.232 e. The zero-order chi connectivity index (χ0) is 19.1. The van der Waals surface area contributed by atoms with Gasteiger partial charge in [0.25, 0.3) is 0 Å². The molecule has 3 aromatic rings. The van der Waals surface area contributed by atoms with Crippen LogP contribution in [-0.4, -0.2) is 33.8 Å². The second kappa shape index (κ2) is 8.89. The van der Waals surface area contributed by atoms with E-state index in [1.165, 1.54) is 0 Å². The molecule has 0 amide bonds. The maximum absolute atomic E-state index is 12.6. The average Bonchev–Trinajstić information content (AvgIpc) is 2.70. The second-order valence-corrected chi connectivity index (χ2v) is 6.00. The predicted molar refractivity (Wildman–Crippen MR) is 108 cm³/mol. The Labute approximate surface area is 159 Å². The van der Waals surface area contributed by atoms with Gasteiger partial charge < -0.3 is 10.2 Å². The van der Waals surface area contributed by atoms with Crippen LogP contribution in [0.2, 0.25) is 0 Å². The SMILES string of the molecule is CCN(CC)c1nc(CC(=O)c2ccccc2)nc(Nc2ccccc2)n1. The lowest BCUT2D eigenvalue weighted by atomic mass is 10.1. The van der Waals surface area contributed by atoms with Crippen molar-refractivity contribution in [3.8, 4) is 0 Å². The van der Waals surface area contributed by atoms with Crippen LogP contribution in [0.25, 0.3) is 0 Å². The molecule has 138 valence electrons. The van der Waals surface area contributed by atoms with Crippen LogP contribution in [0.3, 0.4) is 0 Å². The van der Waals surface area contributed by atoms with E-state index in [0.717, 1.165) is 18.8 Å². The Hall–Kier alpha value is -3.28. The normalized spacial score (nSPS) is 10.4. The molecule has 27 heavy (non-hydrogen) atoms. The highest BCUT2D eigenvalue weighted by atomic mass is 16.1. The minimum absolute atomic E-state index is 0.0158. The molecule has 0 aliphatic carbocycles. The summed E-state index contributed by atoms with van der Waals surface area (Å²) < 4.78 is 0. The summed E-state index contributed by atoms with van der Waals surface area (Å²) >= 11 is 0. The summed E-state index contributed by atoms with van der Waals surface area (Å²) in [7, 11) is 0. The first-order valence-electron chi connectivity index (χ1n) is 9.09. The molecular weight excluding hydrogens is 338 g/mol. The van der Waals surface area contributed by atoms with Crippen LogP contribution in [0.4, 0.5) is 17.6 Å². The van der Waals surface area contributed by atoms with Crippen molar-refractivity contribution in [2.24, 2.45) is 0 Å². The van der Waals surface area contributed by atoms with E-state index in [4.69, 9.17) is 0 Å². The van der Waals surface area contributed by atoms with Crippen molar-refractivity contribution in [3.63, 3.8) is 0 Å². The van der Waals surface area contributed by atoms with Crippen LogP contribution in [-0.2, 0) is 6.42 Å². The van der Waals surface area contributed by atoms with Crippen LogP contribution in [0.1, 0.15) is 30.0 Å². The Bertz CT molecular complexity index is 880. The van der Waals surface area contributed by atoms with E-state index in [2.05, 4.69) is 20.3 Å². The van der Waals surface area contributed by atoms with Gasteiger partial charge in [0.1, 0.15) is 5.82 Å². The number of para-hydroxylation sites is 1. The summed E-state index contributed by atoms with van der Waals surface area (Å²) in [5.41, 5.74) is 1.54. The van der Waals surface area contributed by atoms with Crippen molar-refractivity contribution in [1.29, 1.82) is 0 Å². The number of carbonyl (C=O) groups is 1. The van der Waals surface area contributed by atoms with Crippen LogP contribution >= 0.6 is 0 Å². The molecule has 1 N–H and O–H groups in total. The monoisotopic (exact) mass is 361 g/mol. The summed E-state index contributed by atoms with van der Waals surface area (Å²) in [4.78, 5) is 28.1. The molecule has 3 rings (SSSR count). The molecular formula is C21H23N5O. The van der Waals surface area contributed by atoms with Gasteiger partial charge in [-0.25, -0.2) is 0 Å². The van der Waals surface area contributed by atoms with Gasteiger partial charge in [0.05, 0.1) is 6.42 Å². The maximum Gasteiger partial charge on any atom is 0.232 e. The number of hydrogen-bond acceptors (Lipinski definition) is 6. The molecule has 0 spiro atoms. The third kappa shape index (κ3) is 4.88. The molecule has 0 atom stereocenters. The Morgan fingerprint density at radius 2 is 1.52 bits per heavy atom. The molecule has 1 aromatic heterocycles. The Kier molecular flexibility index (Phi) is 6.10. The van der Waals surface area contributed by atoms with E-state index < -0.39 is 0 Å². The van der Waals surface area contributed by atoms with Crippen molar-refractivity contribution in [2.45, 2.75) is 20.3 Å². The van der Waals surface area contributed by atoms with Crippen LogP contribution in [0.5, 0.6) is 0 Å². The van der Waals surface area contributed by atoms with Gasteiger partial charge in [-0.15, -0.1) is 0 Å². The van der Waals surface area contributed by atoms with E-state index in [1.54, 1.807) is 12.1 Å². The van der Waals surface area contributed by atoms with Gasteiger partial charge in [-0.2, -0.15) is 15.0 Å². The van der Waals surface area contributed by atoms with E-state index in [9.17, 15) is 4.79 Å². The lowest BCUT2D eigenvalue weighted by molar-refractivity contribution is 0.0991. The number of nitrogens with one attached hydrogen (secondary N) is 1. The van der Waals surface area contributed by atoms with E-state index in [0.29, 0.717) is 23.3 Å². The number of rotatable bonds is 8. The Balaban J connectivity index is 1.90. The number of carbonyl (C=O) groups excluding carboxylic acids is 1. The van der Waals surface area contributed by atoms with Gasteiger partial charge in [-0.05, 0) is 26.0 Å². The van der Waals surface area contributed by atoms with Crippen molar-refractivity contribution < 1.29 is 4.79 Å². The standard InChI is InChI=1S/C21H23N5O/c1-3-26(4-2)21-24-19(15-18(27)16-11-7-5-8-12-16)23-20(25-21)22-17-13-9-6-10-14-17/h5-14H,3-4,15H2,1-2H3,(H,22,23,24,25). The van der Waals surface area contributed by atoms with Gasteiger partial charge in [0.2, 0.25) is 11.9 Å². The number of aromatic nitrogens is 3.